The number of rotatable bonds is 3. The molecule has 0 N–H and O–H groups in total. The summed E-state index contributed by atoms with van der Waals surface area (Å²) in [7, 11) is 0. The highest BCUT2D eigenvalue weighted by Crippen LogP contribution is 2.31. The monoisotopic (exact) mass is 116 g/mol. The maximum Gasteiger partial charge on any atom is 0.191 e. The van der Waals surface area contributed by atoms with Gasteiger partial charge < -0.3 is 9.47 Å². The van der Waals surface area contributed by atoms with Crippen molar-refractivity contribution in [2.75, 3.05) is 13.2 Å². The smallest absolute Gasteiger partial charge is 0.191 e. The number of hydrogen-bond acceptors (Lipinski definition) is 2. The van der Waals surface area contributed by atoms with Gasteiger partial charge in [0.05, 0.1) is 0 Å². The van der Waals surface area contributed by atoms with Crippen LogP contribution in [-0.2, 0) is 9.47 Å². The van der Waals surface area contributed by atoms with Crippen molar-refractivity contribution in [3.05, 3.63) is 0 Å². The van der Waals surface area contributed by atoms with Gasteiger partial charge in [0.15, 0.2) is 5.79 Å². The van der Waals surface area contributed by atoms with E-state index >= 15 is 0 Å². The van der Waals surface area contributed by atoms with Crippen molar-refractivity contribution in [2.45, 2.75) is 26.1 Å². The second-order valence-electron chi connectivity index (χ2n) is 1.99. The molecule has 0 amide bonds. The molecule has 1 rings (SSSR count). The van der Waals surface area contributed by atoms with Crippen LogP contribution in [0.1, 0.15) is 20.3 Å². The van der Waals surface area contributed by atoms with Crippen molar-refractivity contribution in [2.24, 2.45) is 0 Å². The van der Waals surface area contributed by atoms with Crippen LogP contribution in [0.15, 0.2) is 0 Å². The van der Waals surface area contributed by atoms with Crippen molar-refractivity contribution in [1.29, 1.82) is 0 Å². The summed E-state index contributed by atoms with van der Waals surface area (Å²) in [4.78, 5) is 0. The van der Waals surface area contributed by atoms with Crippen molar-refractivity contribution in [1.82, 2.24) is 0 Å². The number of hydrogen-bond donors (Lipinski definition) is 0. The van der Waals surface area contributed by atoms with Gasteiger partial charge in [-0.3, -0.25) is 0 Å². The third kappa shape index (κ3) is 1.01. The molecule has 1 saturated heterocycles. The number of ether oxygens (including phenoxy) is 2. The molecule has 2 heteroatoms. The number of epoxide rings is 1. The summed E-state index contributed by atoms with van der Waals surface area (Å²) >= 11 is 0. The van der Waals surface area contributed by atoms with Gasteiger partial charge in [0.25, 0.3) is 0 Å². The highest BCUT2D eigenvalue weighted by atomic mass is 16.8. The summed E-state index contributed by atoms with van der Waals surface area (Å²) in [6, 6.07) is 0. The van der Waals surface area contributed by atoms with Crippen LogP contribution in [0.5, 0.6) is 0 Å². The molecule has 1 heterocycles. The molecule has 0 radical (unpaired) electrons. The van der Waals surface area contributed by atoms with Gasteiger partial charge in [0, 0.05) is 13.0 Å². The zero-order valence-corrected chi connectivity index (χ0v) is 5.44. The van der Waals surface area contributed by atoms with Gasteiger partial charge in [-0.05, 0) is 6.92 Å². The van der Waals surface area contributed by atoms with Crippen LogP contribution in [0.3, 0.4) is 0 Å². The van der Waals surface area contributed by atoms with E-state index in [4.69, 9.17) is 9.47 Å². The molecule has 1 aliphatic rings. The van der Waals surface area contributed by atoms with Crippen LogP contribution in [0.4, 0.5) is 0 Å². The van der Waals surface area contributed by atoms with Crippen LogP contribution >= 0.6 is 0 Å². The van der Waals surface area contributed by atoms with Gasteiger partial charge in [-0.15, -0.1) is 0 Å². The Morgan fingerprint density at radius 1 is 1.62 bits per heavy atom. The van der Waals surface area contributed by atoms with E-state index in [1.54, 1.807) is 0 Å². The molecule has 1 unspecified atom stereocenters. The standard InChI is InChI=1S/C6H12O2/c1-3-6(5-8-6)7-4-2/h3-5H2,1-2H3. The van der Waals surface area contributed by atoms with E-state index < -0.39 is 0 Å². The van der Waals surface area contributed by atoms with E-state index in [9.17, 15) is 0 Å². The van der Waals surface area contributed by atoms with Crippen LogP contribution < -0.4 is 0 Å². The van der Waals surface area contributed by atoms with Gasteiger partial charge in [0.1, 0.15) is 6.61 Å². The maximum atomic E-state index is 5.27. The quantitative estimate of drug-likeness (QED) is 0.516. The second kappa shape index (κ2) is 2.03. The van der Waals surface area contributed by atoms with Crippen molar-refractivity contribution in [3.63, 3.8) is 0 Å². The van der Waals surface area contributed by atoms with Crippen LogP contribution in [0.25, 0.3) is 0 Å². The molecular formula is C6H12O2. The Kier molecular flexibility index (Phi) is 1.54. The predicted molar refractivity (Wildman–Crippen MR) is 30.6 cm³/mol. The third-order valence-corrected chi connectivity index (χ3v) is 1.41. The Morgan fingerprint density at radius 3 is 2.38 bits per heavy atom. The first-order chi connectivity index (χ1) is 3.83. The molecule has 48 valence electrons. The van der Waals surface area contributed by atoms with Gasteiger partial charge in [-0.25, -0.2) is 0 Å². The van der Waals surface area contributed by atoms with Crippen molar-refractivity contribution in [3.8, 4) is 0 Å². The first-order valence-electron chi connectivity index (χ1n) is 3.11. The normalized spacial score (nSPS) is 35.2. The molecule has 1 aliphatic heterocycles. The average Bonchev–Trinajstić information content (AvgIpc) is 2.50. The lowest BCUT2D eigenvalue weighted by Crippen LogP contribution is -2.13. The first-order valence-corrected chi connectivity index (χ1v) is 3.11. The molecule has 0 aromatic carbocycles. The summed E-state index contributed by atoms with van der Waals surface area (Å²) in [5, 5.41) is 0. The summed E-state index contributed by atoms with van der Waals surface area (Å²) in [6.45, 7) is 5.60. The molecule has 1 fully saturated rings. The van der Waals surface area contributed by atoms with Gasteiger partial charge >= 0.3 is 0 Å². The summed E-state index contributed by atoms with van der Waals surface area (Å²) in [5.74, 6) is -0.158. The van der Waals surface area contributed by atoms with Crippen molar-refractivity contribution < 1.29 is 9.47 Å². The van der Waals surface area contributed by atoms with Gasteiger partial charge in [-0.1, -0.05) is 6.92 Å². The average molecular weight is 116 g/mol. The minimum absolute atomic E-state index is 0.158. The predicted octanol–water partition coefficient (Wildman–Crippen LogP) is 1.16. The molecule has 0 aliphatic carbocycles. The highest BCUT2D eigenvalue weighted by molar-refractivity contribution is 4.79. The van der Waals surface area contributed by atoms with E-state index in [1.807, 2.05) is 6.92 Å². The molecule has 0 aromatic rings. The summed E-state index contributed by atoms with van der Waals surface area (Å²) in [5.41, 5.74) is 0. The third-order valence-electron chi connectivity index (χ3n) is 1.41. The summed E-state index contributed by atoms with van der Waals surface area (Å²) < 4.78 is 10.3. The lowest BCUT2D eigenvalue weighted by molar-refractivity contribution is -0.0392. The largest absolute Gasteiger partial charge is 0.348 e. The van der Waals surface area contributed by atoms with E-state index in [0.717, 1.165) is 19.6 Å². The van der Waals surface area contributed by atoms with Crippen molar-refractivity contribution >= 4 is 0 Å². The minimum Gasteiger partial charge on any atom is -0.348 e. The fourth-order valence-corrected chi connectivity index (χ4v) is 0.733. The zero-order chi connectivity index (χ0) is 6.04. The molecule has 1 atom stereocenters. The Labute approximate surface area is 49.8 Å². The SMILES string of the molecule is CCOC1(CC)CO1. The second-order valence-corrected chi connectivity index (χ2v) is 1.99. The lowest BCUT2D eigenvalue weighted by Gasteiger charge is -2.06. The Bertz CT molecular complexity index is 76.6. The van der Waals surface area contributed by atoms with Crippen LogP contribution in [-0.4, -0.2) is 19.0 Å². The summed E-state index contributed by atoms with van der Waals surface area (Å²) in [6.07, 6.45) is 0.973. The van der Waals surface area contributed by atoms with E-state index in [-0.39, 0.29) is 5.79 Å². The highest BCUT2D eigenvalue weighted by Gasteiger charge is 2.43. The fourth-order valence-electron chi connectivity index (χ4n) is 0.733. The Morgan fingerprint density at radius 2 is 2.25 bits per heavy atom. The zero-order valence-electron chi connectivity index (χ0n) is 5.44. The molecule has 0 bridgehead atoms. The Balaban J connectivity index is 2.20. The molecular weight excluding hydrogens is 104 g/mol. The van der Waals surface area contributed by atoms with Crippen LogP contribution in [0, 0.1) is 0 Å². The van der Waals surface area contributed by atoms with E-state index in [1.165, 1.54) is 0 Å². The van der Waals surface area contributed by atoms with Gasteiger partial charge in [-0.2, -0.15) is 0 Å². The van der Waals surface area contributed by atoms with E-state index in [2.05, 4.69) is 6.92 Å². The lowest BCUT2D eigenvalue weighted by atomic mass is 10.3. The van der Waals surface area contributed by atoms with Gasteiger partial charge in [0.2, 0.25) is 0 Å². The molecule has 2 nitrogen and oxygen atoms in total. The molecule has 0 spiro atoms. The maximum absolute atomic E-state index is 5.27. The Hall–Kier alpha value is -0.0800. The first kappa shape index (κ1) is 6.05. The fraction of sp³-hybridized carbons (Fsp3) is 1.00. The molecule has 8 heavy (non-hydrogen) atoms. The topological polar surface area (TPSA) is 21.8 Å². The molecule has 0 saturated carbocycles. The van der Waals surface area contributed by atoms with Crippen LogP contribution in [0.2, 0.25) is 0 Å². The minimum atomic E-state index is -0.158. The van der Waals surface area contributed by atoms with E-state index in [0.29, 0.717) is 0 Å². The molecule has 0 aromatic heterocycles.